The van der Waals surface area contributed by atoms with Gasteiger partial charge in [-0.25, -0.2) is 0 Å². The zero-order chi connectivity index (χ0) is 18.8. The van der Waals surface area contributed by atoms with Crippen LogP contribution in [0.15, 0.2) is 60.0 Å². The normalized spacial score (nSPS) is 13.4. The summed E-state index contributed by atoms with van der Waals surface area (Å²) in [5.74, 6) is -0.416. The molecule has 3 N–H and O–H groups in total. The van der Waals surface area contributed by atoms with Crippen LogP contribution >= 0.6 is 13.5 Å². The first-order chi connectivity index (χ1) is 13.2. The van der Waals surface area contributed by atoms with Crippen molar-refractivity contribution in [1.82, 2.24) is 4.98 Å². The van der Waals surface area contributed by atoms with Crippen molar-refractivity contribution in [1.29, 1.82) is 0 Å². The highest BCUT2D eigenvalue weighted by Gasteiger charge is 2.27. The molecule has 1 aliphatic heterocycles. The molecule has 28 heavy (non-hydrogen) atoms. The minimum atomic E-state index is -1.13. The first kappa shape index (κ1) is 20.1. The Balaban J connectivity index is 0.00000225. The lowest BCUT2D eigenvalue weighted by atomic mass is 9.74. The first-order valence-corrected chi connectivity index (χ1v) is 8.72. The molecule has 0 saturated carbocycles. The van der Waals surface area contributed by atoms with Gasteiger partial charge in [-0.15, -0.1) is 5.16 Å². The lowest BCUT2D eigenvalue weighted by Crippen LogP contribution is -2.38. The van der Waals surface area contributed by atoms with E-state index in [-0.39, 0.29) is 32.2 Å². The molecule has 1 aliphatic rings. The largest absolute Gasteiger partial charge is 0.583 e. The highest BCUT2D eigenvalue weighted by atomic mass is 32.1. The number of rotatable bonds is 5. The minimum absolute atomic E-state index is 0. The number of carbonyl (C=O) groups excluding carboxylic acids is 1. The Kier molecular flexibility index (Phi) is 6.13. The third kappa shape index (κ3) is 3.94. The Hall–Kier alpha value is -2.68. The van der Waals surface area contributed by atoms with Crippen LogP contribution in [0, 0.1) is 0 Å². The molecule has 0 radical (unpaired) electrons. The van der Waals surface area contributed by atoms with Crippen LogP contribution in [0.5, 0.6) is 0 Å². The van der Waals surface area contributed by atoms with E-state index < -0.39 is 13.0 Å². The molecule has 0 amide bonds. The van der Waals surface area contributed by atoms with E-state index in [0.717, 1.165) is 27.5 Å². The van der Waals surface area contributed by atoms with Crippen molar-refractivity contribution in [2.75, 3.05) is 6.54 Å². The molecule has 0 fully saturated rings. The molecule has 0 saturated heterocycles. The van der Waals surface area contributed by atoms with E-state index >= 15 is 0 Å². The fourth-order valence-electron chi connectivity index (χ4n) is 3.36. The monoisotopic (exact) mass is 393 g/mol. The zero-order valence-electron chi connectivity index (χ0n) is 15.1. The Bertz CT molecular complexity index is 1040. The van der Waals surface area contributed by atoms with Crippen molar-refractivity contribution in [3.8, 4) is 0 Å². The highest BCUT2D eigenvalue weighted by molar-refractivity contribution is 7.59. The Morgan fingerprint density at radius 2 is 2.04 bits per heavy atom. The van der Waals surface area contributed by atoms with Gasteiger partial charge in [0.2, 0.25) is 0 Å². The van der Waals surface area contributed by atoms with E-state index in [1.807, 2.05) is 36.4 Å². The average Bonchev–Trinajstić information content (AvgIpc) is 2.69. The molecule has 0 unspecified atom stereocenters. The summed E-state index contributed by atoms with van der Waals surface area (Å²) < 4.78 is 4.87. The molecule has 2 heterocycles. The number of nitrogens with zero attached hydrogens (tertiary/aromatic N) is 2. The molecule has 1 atom stereocenters. The number of aromatic nitrogens is 1. The second kappa shape index (κ2) is 8.56. The van der Waals surface area contributed by atoms with Crippen molar-refractivity contribution >= 4 is 48.8 Å². The van der Waals surface area contributed by atoms with Crippen LogP contribution in [0.3, 0.4) is 0 Å². The van der Waals surface area contributed by atoms with Crippen molar-refractivity contribution in [3.05, 3.63) is 71.5 Å². The van der Waals surface area contributed by atoms with Crippen molar-refractivity contribution < 1.29 is 14.6 Å². The predicted octanol–water partition coefficient (Wildman–Crippen LogP) is 1.25. The number of carbonyl (C=O) groups is 1. The van der Waals surface area contributed by atoms with Gasteiger partial charge >= 0.3 is 7.12 Å². The second-order valence-corrected chi connectivity index (χ2v) is 6.57. The number of oxime groups is 1. The number of pyridine rings is 1. The summed E-state index contributed by atoms with van der Waals surface area (Å²) in [7, 11) is -1.13. The maximum absolute atomic E-state index is 12.9. The molecule has 142 valence electrons. The van der Waals surface area contributed by atoms with Crippen LogP contribution in [-0.4, -0.2) is 35.7 Å². The first-order valence-electron chi connectivity index (χ1n) is 8.72. The quantitative estimate of drug-likeness (QED) is 0.636. The van der Waals surface area contributed by atoms with Crippen LogP contribution in [0.25, 0.3) is 10.8 Å². The Morgan fingerprint density at radius 1 is 1.18 bits per heavy atom. The summed E-state index contributed by atoms with van der Waals surface area (Å²) in [5, 5.41) is 15.7. The van der Waals surface area contributed by atoms with Crippen molar-refractivity contribution in [2.24, 2.45) is 10.9 Å². The number of hydrogen-bond donors (Lipinski definition) is 2. The van der Waals surface area contributed by atoms with Crippen LogP contribution in [-0.2, 0) is 16.0 Å². The zero-order valence-corrected chi connectivity index (χ0v) is 16.1. The fraction of sp³-hybridized carbons (Fsp3) is 0.150. The van der Waals surface area contributed by atoms with Crippen LogP contribution in [0.2, 0.25) is 0 Å². The van der Waals surface area contributed by atoms with Crippen LogP contribution in [0.1, 0.15) is 22.6 Å². The maximum atomic E-state index is 12.9. The third-order valence-electron chi connectivity index (χ3n) is 4.84. The number of hydrogen-bond acceptors (Lipinski definition) is 6. The third-order valence-corrected chi connectivity index (χ3v) is 4.84. The molecule has 0 bridgehead atoms. The van der Waals surface area contributed by atoms with E-state index in [9.17, 15) is 9.82 Å². The minimum Gasteiger partial charge on any atom is -0.427 e. The van der Waals surface area contributed by atoms with Gasteiger partial charge in [-0.2, -0.15) is 13.5 Å². The fourth-order valence-corrected chi connectivity index (χ4v) is 3.36. The summed E-state index contributed by atoms with van der Waals surface area (Å²) in [4.78, 5) is 17.0. The van der Waals surface area contributed by atoms with Gasteiger partial charge in [-0.05, 0) is 28.1 Å². The van der Waals surface area contributed by atoms with Gasteiger partial charge in [0.15, 0.2) is 0 Å². The highest BCUT2D eigenvalue weighted by Crippen LogP contribution is 2.21. The Labute approximate surface area is 170 Å². The molecule has 0 aliphatic carbocycles. The molecule has 2 aromatic carbocycles. The lowest BCUT2D eigenvalue weighted by molar-refractivity contribution is -0.119. The van der Waals surface area contributed by atoms with E-state index in [2.05, 4.69) is 10.1 Å². The summed E-state index contributed by atoms with van der Waals surface area (Å²) in [6.07, 6.45) is 5.36. The van der Waals surface area contributed by atoms with Gasteiger partial charge in [0, 0.05) is 36.2 Å². The van der Waals surface area contributed by atoms with E-state index in [1.165, 1.54) is 6.21 Å². The molecular weight excluding hydrogens is 373 g/mol. The Morgan fingerprint density at radius 3 is 2.86 bits per heavy atom. The molecule has 0 spiro atoms. The summed E-state index contributed by atoms with van der Waals surface area (Å²) >= 11 is 0. The topological polar surface area (TPSA) is 97.8 Å². The molecule has 3 aromatic rings. The van der Waals surface area contributed by atoms with Gasteiger partial charge in [-0.3, -0.25) is 9.78 Å². The van der Waals surface area contributed by atoms with Gasteiger partial charge < -0.3 is 15.5 Å². The van der Waals surface area contributed by atoms with Gasteiger partial charge in [0.05, 0.1) is 12.1 Å². The predicted molar refractivity (Wildman–Crippen MR) is 115 cm³/mol. The van der Waals surface area contributed by atoms with Gasteiger partial charge in [0.1, 0.15) is 5.78 Å². The van der Waals surface area contributed by atoms with E-state index in [0.29, 0.717) is 5.46 Å². The van der Waals surface area contributed by atoms with Gasteiger partial charge in [-0.1, -0.05) is 36.4 Å². The average molecular weight is 393 g/mol. The number of benzene rings is 2. The summed E-state index contributed by atoms with van der Waals surface area (Å²) in [6.45, 7) is 0.195. The summed E-state index contributed by atoms with van der Waals surface area (Å²) in [5.41, 5.74) is 8.97. The summed E-state index contributed by atoms with van der Waals surface area (Å²) in [6, 6.07) is 13.3. The molecule has 1 aromatic heterocycles. The van der Waals surface area contributed by atoms with Crippen LogP contribution < -0.4 is 11.2 Å². The number of Topliss-reactive ketones (excluding diaryl/α,β-unsaturated/α-hetero) is 1. The van der Waals surface area contributed by atoms with Crippen molar-refractivity contribution in [2.45, 2.75) is 12.3 Å². The number of ketones is 1. The van der Waals surface area contributed by atoms with Crippen molar-refractivity contribution in [3.63, 3.8) is 0 Å². The molecular formula is C20H20BN3O3S. The molecule has 8 heteroatoms. The molecule has 6 nitrogen and oxygen atoms in total. The molecule has 4 rings (SSSR count). The number of fused-ring (bicyclic) bond motifs is 2. The maximum Gasteiger partial charge on any atom is 0.583 e. The number of nitrogens with two attached hydrogens (primary N) is 1. The van der Waals surface area contributed by atoms with Crippen LogP contribution in [0.4, 0.5) is 0 Å². The SMILES string of the molecule is NC[C@@H](C(=O)Cc1ccc2cnccc2c1)c1ccc2c(c1)B(O)ON=C2.S. The smallest absolute Gasteiger partial charge is 0.427 e. The second-order valence-electron chi connectivity index (χ2n) is 6.57. The lowest BCUT2D eigenvalue weighted by Gasteiger charge is -2.18. The van der Waals surface area contributed by atoms with E-state index in [4.69, 9.17) is 10.5 Å². The van der Waals surface area contributed by atoms with Gasteiger partial charge in [0.25, 0.3) is 0 Å². The van der Waals surface area contributed by atoms with E-state index in [1.54, 1.807) is 18.5 Å². The standard InChI is InChI=1S/C20H18BN3O3.H2S/c22-10-18(15-3-4-17-12-24-27-21(26)19(17)9-15)20(25)8-13-1-2-16-11-23-6-5-14(16)7-13;/h1-7,9,11-12,18,26H,8,10,22H2;1H2/t18-;/m1./s1.